The average molecular weight is 313 g/mol. The highest BCUT2D eigenvalue weighted by Crippen LogP contribution is 2.40. The molecule has 0 N–H and O–H groups in total. The van der Waals surface area contributed by atoms with Crippen LogP contribution in [-0.4, -0.2) is 26.8 Å². The normalized spacial score (nSPS) is 14.7. The second-order valence-corrected chi connectivity index (χ2v) is 7.05. The van der Waals surface area contributed by atoms with Gasteiger partial charge in [-0.2, -0.15) is 5.10 Å². The number of nitrogens with zero attached hydrogens (tertiary/aromatic N) is 5. The number of aromatic nitrogens is 4. The van der Waals surface area contributed by atoms with Crippen molar-refractivity contribution in [1.29, 1.82) is 0 Å². The molecule has 0 aromatic carbocycles. The van der Waals surface area contributed by atoms with E-state index < -0.39 is 0 Å². The van der Waals surface area contributed by atoms with E-state index >= 15 is 0 Å². The van der Waals surface area contributed by atoms with Crippen molar-refractivity contribution in [2.45, 2.75) is 32.2 Å². The topological polar surface area (TPSA) is 46.8 Å². The van der Waals surface area contributed by atoms with Crippen LogP contribution in [0.3, 0.4) is 0 Å². The van der Waals surface area contributed by atoms with Gasteiger partial charge in [0.15, 0.2) is 5.82 Å². The lowest BCUT2D eigenvalue weighted by atomic mass is 10.3. The molecule has 3 heterocycles. The molecule has 6 heteroatoms. The molecule has 0 bridgehead atoms. The number of aryl methyl sites for hydroxylation is 2. The van der Waals surface area contributed by atoms with Crippen LogP contribution >= 0.6 is 11.3 Å². The third-order valence-corrected chi connectivity index (χ3v) is 4.99. The first-order chi connectivity index (χ1) is 10.6. The number of thiophene rings is 1. The smallest absolute Gasteiger partial charge is 0.158 e. The molecule has 1 fully saturated rings. The Kier molecular flexibility index (Phi) is 3.14. The van der Waals surface area contributed by atoms with Crippen LogP contribution in [0.25, 0.3) is 11.0 Å². The van der Waals surface area contributed by atoms with Crippen LogP contribution in [-0.2, 0) is 13.6 Å². The van der Waals surface area contributed by atoms with Crippen LogP contribution in [0.4, 0.5) is 5.82 Å². The van der Waals surface area contributed by atoms with Crippen LogP contribution in [0, 0.1) is 6.92 Å². The third kappa shape index (κ3) is 2.27. The molecule has 3 aromatic rings. The van der Waals surface area contributed by atoms with Gasteiger partial charge in [-0.3, -0.25) is 4.68 Å². The highest BCUT2D eigenvalue weighted by atomic mass is 32.1. The molecular weight excluding hydrogens is 294 g/mol. The van der Waals surface area contributed by atoms with E-state index in [4.69, 9.17) is 9.97 Å². The molecule has 0 aliphatic heterocycles. The summed E-state index contributed by atoms with van der Waals surface area (Å²) in [5, 5.41) is 6.65. The second kappa shape index (κ2) is 5.05. The fourth-order valence-electron chi connectivity index (χ4n) is 2.83. The zero-order chi connectivity index (χ0) is 15.3. The molecule has 5 nitrogen and oxygen atoms in total. The number of hydrogen-bond donors (Lipinski definition) is 0. The van der Waals surface area contributed by atoms with Crippen LogP contribution in [0.1, 0.15) is 35.2 Å². The Hall–Kier alpha value is -1.95. The number of anilines is 1. The summed E-state index contributed by atoms with van der Waals surface area (Å²) in [5.74, 6) is 2.51. The van der Waals surface area contributed by atoms with Crippen molar-refractivity contribution < 1.29 is 0 Å². The quantitative estimate of drug-likeness (QED) is 0.742. The monoisotopic (exact) mass is 313 g/mol. The van der Waals surface area contributed by atoms with E-state index in [0.29, 0.717) is 5.92 Å². The summed E-state index contributed by atoms with van der Waals surface area (Å²) in [6.45, 7) is 2.88. The van der Waals surface area contributed by atoms with Crippen molar-refractivity contribution in [3.05, 3.63) is 33.9 Å². The van der Waals surface area contributed by atoms with Gasteiger partial charge in [-0.1, -0.05) is 6.07 Å². The van der Waals surface area contributed by atoms with E-state index in [1.807, 2.05) is 18.7 Å². The fourth-order valence-corrected chi connectivity index (χ4v) is 3.59. The molecule has 22 heavy (non-hydrogen) atoms. The van der Waals surface area contributed by atoms with Gasteiger partial charge in [0.05, 0.1) is 12.2 Å². The molecule has 114 valence electrons. The lowest BCUT2D eigenvalue weighted by Crippen LogP contribution is -2.19. The number of fused-ring (bicyclic) bond motifs is 1. The van der Waals surface area contributed by atoms with Crippen molar-refractivity contribution >= 4 is 28.2 Å². The summed E-state index contributed by atoms with van der Waals surface area (Å²) in [6, 6.07) is 4.25. The van der Waals surface area contributed by atoms with Crippen molar-refractivity contribution in [3.8, 4) is 0 Å². The summed E-state index contributed by atoms with van der Waals surface area (Å²) >= 11 is 1.78. The van der Waals surface area contributed by atoms with E-state index in [-0.39, 0.29) is 0 Å². The van der Waals surface area contributed by atoms with Gasteiger partial charge in [0.25, 0.3) is 0 Å². The molecule has 0 saturated heterocycles. The van der Waals surface area contributed by atoms with Gasteiger partial charge >= 0.3 is 0 Å². The van der Waals surface area contributed by atoms with E-state index in [9.17, 15) is 0 Å². The molecular formula is C16H19N5S. The Balaban J connectivity index is 1.83. The molecule has 1 aliphatic rings. The lowest BCUT2D eigenvalue weighted by Gasteiger charge is -2.19. The van der Waals surface area contributed by atoms with Crippen molar-refractivity contribution in [2.75, 3.05) is 11.9 Å². The summed E-state index contributed by atoms with van der Waals surface area (Å²) in [6.07, 6.45) is 2.41. The van der Waals surface area contributed by atoms with Crippen LogP contribution in [0.5, 0.6) is 0 Å². The van der Waals surface area contributed by atoms with Gasteiger partial charge in [0, 0.05) is 24.9 Å². The lowest BCUT2D eigenvalue weighted by molar-refractivity contribution is 0.775. The zero-order valence-corrected chi connectivity index (χ0v) is 13.9. The Morgan fingerprint density at radius 3 is 2.86 bits per heavy atom. The minimum Gasteiger partial charge on any atom is -0.353 e. The summed E-state index contributed by atoms with van der Waals surface area (Å²) in [4.78, 5) is 13.2. The van der Waals surface area contributed by atoms with Gasteiger partial charge in [0.1, 0.15) is 16.9 Å². The summed E-state index contributed by atoms with van der Waals surface area (Å²) in [7, 11) is 4.07. The summed E-state index contributed by atoms with van der Waals surface area (Å²) < 4.78 is 1.90. The van der Waals surface area contributed by atoms with Crippen molar-refractivity contribution in [3.63, 3.8) is 0 Å². The molecule has 1 saturated carbocycles. The predicted molar refractivity (Wildman–Crippen MR) is 89.4 cm³/mol. The van der Waals surface area contributed by atoms with Crippen LogP contribution < -0.4 is 4.90 Å². The Bertz CT molecular complexity index is 817. The maximum absolute atomic E-state index is 4.88. The Labute approximate surface area is 133 Å². The standard InChI is InChI=1S/C16H19N5S/c1-10-13-14(21(3)19-10)16(18-15(17-13)11-6-7-11)20(2)9-12-5-4-8-22-12/h4-5,8,11H,6-7,9H2,1-3H3. The maximum atomic E-state index is 4.88. The van der Waals surface area contributed by atoms with Crippen LogP contribution in [0.2, 0.25) is 0 Å². The first-order valence-corrected chi connectivity index (χ1v) is 8.46. The highest BCUT2D eigenvalue weighted by molar-refractivity contribution is 7.09. The Morgan fingerprint density at radius 1 is 1.36 bits per heavy atom. The minimum atomic E-state index is 0.540. The molecule has 1 aliphatic carbocycles. The molecule has 0 atom stereocenters. The van der Waals surface area contributed by atoms with E-state index in [2.05, 4.69) is 34.6 Å². The predicted octanol–water partition coefficient (Wildman–Crippen LogP) is 3.25. The largest absolute Gasteiger partial charge is 0.353 e. The van der Waals surface area contributed by atoms with E-state index in [1.54, 1.807) is 11.3 Å². The first-order valence-electron chi connectivity index (χ1n) is 7.58. The van der Waals surface area contributed by atoms with Gasteiger partial charge < -0.3 is 4.90 Å². The van der Waals surface area contributed by atoms with Crippen molar-refractivity contribution in [1.82, 2.24) is 19.7 Å². The number of hydrogen-bond acceptors (Lipinski definition) is 5. The molecule has 0 spiro atoms. The van der Waals surface area contributed by atoms with Crippen molar-refractivity contribution in [2.24, 2.45) is 7.05 Å². The summed E-state index contributed by atoms with van der Waals surface area (Å²) in [5.41, 5.74) is 3.00. The average Bonchev–Trinajstić information content (AvgIpc) is 3.16. The van der Waals surface area contributed by atoms with E-state index in [0.717, 1.165) is 34.9 Å². The molecule has 0 unspecified atom stereocenters. The zero-order valence-electron chi connectivity index (χ0n) is 13.1. The van der Waals surface area contributed by atoms with Gasteiger partial charge in [0.2, 0.25) is 0 Å². The molecule has 0 radical (unpaired) electrons. The van der Waals surface area contributed by atoms with E-state index in [1.165, 1.54) is 17.7 Å². The number of rotatable bonds is 4. The van der Waals surface area contributed by atoms with Gasteiger partial charge in [-0.15, -0.1) is 11.3 Å². The first kappa shape index (κ1) is 13.7. The third-order valence-electron chi connectivity index (χ3n) is 4.13. The second-order valence-electron chi connectivity index (χ2n) is 6.02. The minimum absolute atomic E-state index is 0.540. The molecule has 3 aromatic heterocycles. The maximum Gasteiger partial charge on any atom is 0.158 e. The van der Waals surface area contributed by atoms with Gasteiger partial charge in [-0.05, 0) is 31.2 Å². The molecule has 0 amide bonds. The van der Waals surface area contributed by atoms with Crippen LogP contribution in [0.15, 0.2) is 17.5 Å². The highest BCUT2D eigenvalue weighted by Gasteiger charge is 2.29. The SMILES string of the molecule is Cc1nn(C)c2c(N(C)Cc3cccs3)nc(C3CC3)nc12. The molecule has 4 rings (SSSR count). The fraction of sp³-hybridized carbons (Fsp3) is 0.438. The Morgan fingerprint density at radius 2 is 2.18 bits per heavy atom. The van der Waals surface area contributed by atoms with Gasteiger partial charge in [-0.25, -0.2) is 9.97 Å².